The number of hydrogen-bond acceptors (Lipinski definition) is 1. The molecule has 0 saturated carbocycles. The molecule has 0 aliphatic heterocycles. The van der Waals surface area contributed by atoms with Crippen LogP contribution in [-0.2, 0) is 4.74 Å². The molecule has 3 rings (SSSR count). The summed E-state index contributed by atoms with van der Waals surface area (Å²) in [6.45, 7) is 0. The van der Waals surface area contributed by atoms with E-state index in [1.54, 1.807) is 7.11 Å². The first-order valence-corrected chi connectivity index (χ1v) is 6.01. The standard InChI is InChI=1S/C17H14O/c1-18-17-12-6-8-13-7-2-3-9-14(13)15-10-4-5-11-16(15)17/h2-12H,1H3/b8-6?,12-6?,13-8-,15-14-,17-12?,17-16?. The number of ether oxygens (including phenoxy) is 1. The zero-order valence-electron chi connectivity index (χ0n) is 10.3. The molecule has 0 N–H and O–H groups in total. The molecule has 1 aliphatic rings. The van der Waals surface area contributed by atoms with E-state index in [1.165, 1.54) is 15.7 Å². The van der Waals surface area contributed by atoms with Crippen molar-refractivity contribution in [2.24, 2.45) is 0 Å². The fraction of sp³-hybridized carbons (Fsp3) is 0.0588. The van der Waals surface area contributed by atoms with Crippen LogP contribution in [0.15, 0.2) is 60.7 Å². The SMILES string of the molecule is COC1=c2cccc/c2=c2\cccc\c2=C\C=C1. The predicted octanol–water partition coefficient (Wildman–Crippen LogP) is 2.08. The third-order valence-corrected chi connectivity index (χ3v) is 3.19. The van der Waals surface area contributed by atoms with Gasteiger partial charge in [0.05, 0.1) is 7.11 Å². The van der Waals surface area contributed by atoms with Crippen LogP contribution in [0.4, 0.5) is 0 Å². The lowest BCUT2D eigenvalue weighted by Gasteiger charge is -2.03. The Labute approximate surface area is 106 Å². The van der Waals surface area contributed by atoms with E-state index in [4.69, 9.17) is 4.74 Å². The monoisotopic (exact) mass is 234 g/mol. The van der Waals surface area contributed by atoms with Crippen LogP contribution in [0.3, 0.4) is 0 Å². The Hall–Kier alpha value is -2.28. The first-order chi connectivity index (χ1) is 8.90. The quantitative estimate of drug-likeness (QED) is 0.734. The van der Waals surface area contributed by atoms with Crippen molar-refractivity contribution in [1.82, 2.24) is 0 Å². The maximum Gasteiger partial charge on any atom is 0.126 e. The van der Waals surface area contributed by atoms with Gasteiger partial charge in [-0.15, -0.1) is 0 Å². The summed E-state index contributed by atoms with van der Waals surface area (Å²) in [7, 11) is 1.71. The highest BCUT2D eigenvalue weighted by atomic mass is 16.5. The lowest BCUT2D eigenvalue weighted by molar-refractivity contribution is 0.370. The van der Waals surface area contributed by atoms with E-state index >= 15 is 0 Å². The van der Waals surface area contributed by atoms with Gasteiger partial charge in [0.1, 0.15) is 5.76 Å². The zero-order chi connectivity index (χ0) is 12.4. The van der Waals surface area contributed by atoms with E-state index < -0.39 is 0 Å². The van der Waals surface area contributed by atoms with Gasteiger partial charge in [-0.2, -0.15) is 0 Å². The summed E-state index contributed by atoms with van der Waals surface area (Å²) < 4.78 is 5.48. The molecule has 1 heteroatoms. The van der Waals surface area contributed by atoms with Crippen molar-refractivity contribution >= 4 is 11.8 Å². The van der Waals surface area contributed by atoms with Crippen LogP contribution in [-0.4, -0.2) is 7.11 Å². The summed E-state index contributed by atoms with van der Waals surface area (Å²) in [5.41, 5.74) is 0. The van der Waals surface area contributed by atoms with E-state index in [1.807, 2.05) is 18.2 Å². The average molecular weight is 234 g/mol. The number of hydrogen-bond donors (Lipinski definition) is 0. The lowest BCUT2D eigenvalue weighted by atomic mass is 10.1. The maximum atomic E-state index is 5.48. The highest BCUT2D eigenvalue weighted by molar-refractivity contribution is 5.56. The lowest BCUT2D eigenvalue weighted by Crippen LogP contribution is -2.13. The highest BCUT2D eigenvalue weighted by Gasteiger charge is 1.97. The molecular formula is C17H14O. The molecule has 0 aromatic heterocycles. The van der Waals surface area contributed by atoms with Gasteiger partial charge < -0.3 is 4.74 Å². The first kappa shape index (κ1) is 10.8. The summed E-state index contributed by atoms with van der Waals surface area (Å²) in [5, 5.41) is 4.82. The number of allylic oxidation sites excluding steroid dienone is 1. The van der Waals surface area contributed by atoms with Gasteiger partial charge in [0.2, 0.25) is 0 Å². The summed E-state index contributed by atoms with van der Waals surface area (Å²) in [4.78, 5) is 0. The predicted molar refractivity (Wildman–Crippen MR) is 73.8 cm³/mol. The normalized spacial score (nSPS) is 16.7. The van der Waals surface area contributed by atoms with Gasteiger partial charge >= 0.3 is 0 Å². The van der Waals surface area contributed by atoms with Gasteiger partial charge in [0.15, 0.2) is 0 Å². The van der Waals surface area contributed by atoms with E-state index in [0.29, 0.717) is 0 Å². The maximum absolute atomic E-state index is 5.48. The molecule has 0 radical (unpaired) electrons. The Morgan fingerprint density at radius 1 is 0.778 bits per heavy atom. The molecule has 0 atom stereocenters. The molecule has 0 heterocycles. The molecule has 0 saturated heterocycles. The molecule has 0 bridgehead atoms. The summed E-state index contributed by atoms with van der Waals surface area (Å²) in [6, 6.07) is 16.8. The molecular weight excluding hydrogens is 220 g/mol. The van der Waals surface area contributed by atoms with Crippen LogP contribution in [0.25, 0.3) is 11.8 Å². The minimum atomic E-state index is 0.899. The van der Waals surface area contributed by atoms with Crippen molar-refractivity contribution in [1.29, 1.82) is 0 Å². The van der Waals surface area contributed by atoms with Crippen molar-refractivity contribution in [3.63, 3.8) is 0 Å². The van der Waals surface area contributed by atoms with Crippen LogP contribution < -0.4 is 10.4 Å². The number of fused-ring (bicyclic) bond motifs is 2. The fourth-order valence-electron chi connectivity index (χ4n) is 2.33. The van der Waals surface area contributed by atoms with Crippen LogP contribution in [0.5, 0.6) is 0 Å². The minimum absolute atomic E-state index is 0.899. The molecule has 1 aliphatic carbocycles. The third-order valence-electron chi connectivity index (χ3n) is 3.19. The molecule has 2 aromatic carbocycles. The molecule has 18 heavy (non-hydrogen) atoms. The van der Waals surface area contributed by atoms with Crippen molar-refractivity contribution in [2.45, 2.75) is 0 Å². The van der Waals surface area contributed by atoms with Crippen LogP contribution >= 0.6 is 0 Å². The van der Waals surface area contributed by atoms with E-state index in [0.717, 1.165) is 11.0 Å². The Morgan fingerprint density at radius 2 is 1.44 bits per heavy atom. The first-order valence-electron chi connectivity index (χ1n) is 6.01. The number of methoxy groups -OCH3 is 1. The Bertz CT molecular complexity index is 813. The number of rotatable bonds is 1. The molecule has 0 fully saturated rings. The molecule has 0 amide bonds. The van der Waals surface area contributed by atoms with Crippen molar-refractivity contribution in [3.8, 4) is 0 Å². The van der Waals surface area contributed by atoms with Gasteiger partial charge in [-0.3, -0.25) is 0 Å². The van der Waals surface area contributed by atoms with Gasteiger partial charge in [0, 0.05) is 5.22 Å². The van der Waals surface area contributed by atoms with Gasteiger partial charge in [-0.05, 0) is 21.7 Å². The second-order valence-corrected chi connectivity index (χ2v) is 4.23. The van der Waals surface area contributed by atoms with Crippen molar-refractivity contribution in [2.75, 3.05) is 7.11 Å². The molecule has 2 aromatic rings. The summed E-state index contributed by atoms with van der Waals surface area (Å²) >= 11 is 0. The van der Waals surface area contributed by atoms with E-state index in [-0.39, 0.29) is 0 Å². The third kappa shape index (κ3) is 1.74. The van der Waals surface area contributed by atoms with Crippen LogP contribution in [0.1, 0.15) is 0 Å². The summed E-state index contributed by atoms with van der Waals surface area (Å²) in [6.07, 6.45) is 6.16. The minimum Gasteiger partial charge on any atom is -0.496 e. The van der Waals surface area contributed by atoms with Gasteiger partial charge in [-0.25, -0.2) is 0 Å². The molecule has 0 unspecified atom stereocenters. The van der Waals surface area contributed by atoms with Crippen LogP contribution in [0.2, 0.25) is 0 Å². The van der Waals surface area contributed by atoms with E-state index in [2.05, 4.69) is 48.5 Å². The zero-order valence-corrected chi connectivity index (χ0v) is 10.3. The summed E-state index contributed by atoms with van der Waals surface area (Å²) in [5.74, 6) is 0.899. The highest BCUT2D eigenvalue weighted by Crippen LogP contribution is 2.01. The second-order valence-electron chi connectivity index (χ2n) is 4.23. The average Bonchev–Trinajstić information content (AvgIpc) is 2.42. The molecule has 1 nitrogen and oxygen atoms in total. The molecule has 88 valence electrons. The fourth-order valence-corrected chi connectivity index (χ4v) is 2.33. The molecule has 0 spiro atoms. The smallest absolute Gasteiger partial charge is 0.126 e. The van der Waals surface area contributed by atoms with Crippen molar-refractivity contribution < 1.29 is 4.74 Å². The Kier molecular flexibility index (Phi) is 2.73. The van der Waals surface area contributed by atoms with Gasteiger partial charge in [-0.1, -0.05) is 60.7 Å². The van der Waals surface area contributed by atoms with Crippen molar-refractivity contribution in [3.05, 3.63) is 81.6 Å². The Morgan fingerprint density at radius 3 is 2.22 bits per heavy atom. The number of benzene rings is 2. The Balaban J connectivity index is 2.71. The second kappa shape index (κ2) is 4.53. The van der Waals surface area contributed by atoms with Crippen LogP contribution in [0, 0.1) is 10.4 Å². The topological polar surface area (TPSA) is 9.23 Å². The van der Waals surface area contributed by atoms with Gasteiger partial charge in [0.25, 0.3) is 0 Å². The van der Waals surface area contributed by atoms with E-state index in [9.17, 15) is 0 Å². The largest absolute Gasteiger partial charge is 0.496 e.